The van der Waals surface area contributed by atoms with Crippen molar-refractivity contribution in [3.05, 3.63) is 85.7 Å². The first-order valence-electron chi connectivity index (χ1n) is 9.80. The van der Waals surface area contributed by atoms with E-state index in [-0.39, 0.29) is 11.4 Å². The second-order valence-electron chi connectivity index (χ2n) is 7.32. The van der Waals surface area contributed by atoms with E-state index in [0.29, 0.717) is 15.9 Å². The molecule has 2 aromatic heterocycles. The van der Waals surface area contributed by atoms with Crippen molar-refractivity contribution in [2.75, 3.05) is 0 Å². The fourth-order valence-electron chi connectivity index (χ4n) is 3.88. The molecule has 0 saturated heterocycles. The number of halogens is 2. The van der Waals surface area contributed by atoms with Crippen molar-refractivity contribution < 1.29 is 4.39 Å². The molecule has 0 aliphatic heterocycles. The SMILES string of the molecule is O=c1c2c3c(sc2nc(SCc2cccc(F)c2)n1-c1ccc(Cl)cc1)CCCC3. The summed E-state index contributed by atoms with van der Waals surface area (Å²) >= 11 is 9.15. The quantitative estimate of drug-likeness (QED) is 0.263. The molecular formula is C23H18ClFN2OS2. The van der Waals surface area contributed by atoms with Gasteiger partial charge >= 0.3 is 0 Å². The molecule has 3 nitrogen and oxygen atoms in total. The van der Waals surface area contributed by atoms with Gasteiger partial charge in [0.25, 0.3) is 5.56 Å². The van der Waals surface area contributed by atoms with Crippen LogP contribution in [0.25, 0.3) is 15.9 Å². The third-order valence-corrected chi connectivity index (χ3v) is 7.75. The third-order valence-electron chi connectivity index (χ3n) is 5.30. The van der Waals surface area contributed by atoms with Gasteiger partial charge in [0, 0.05) is 15.7 Å². The number of hydrogen-bond acceptors (Lipinski definition) is 4. The summed E-state index contributed by atoms with van der Waals surface area (Å²) < 4.78 is 15.3. The monoisotopic (exact) mass is 456 g/mol. The van der Waals surface area contributed by atoms with Gasteiger partial charge in [-0.15, -0.1) is 11.3 Å². The van der Waals surface area contributed by atoms with Crippen molar-refractivity contribution in [2.24, 2.45) is 0 Å². The van der Waals surface area contributed by atoms with Crippen LogP contribution in [0.5, 0.6) is 0 Å². The summed E-state index contributed by atoms with van der Waals surface area (Å²) in [4.78, 5) is 20.6. The number of benzene rings is 2. The average molecular weight is 457 g/mol. The maximum atomic E-state index is 13.7. The van der Waals surface area contributed by atoms with Gasteiger partial charge in [0.15, 0.2) is 5.16 Å². The lowest BCUT2D eigenvalue weighted by molar-refractivity contribution is 0.626. The Bertz CT molecular complexity index is 1300. The Kier molecular flexibility index (Phi) is 5.39. The van der Waals surface area contributed by atoms with Gasteiger partial charge in [0.1, 0.15) is 10.6 Å². The third kappa shape index (κ3) is 3.68. The molecule has 2 aromatic carbocycles. The van der Waals surface area contributed by atoms with Crippen LogP contribution >= 0.6 is 34.7 Å². The van der Waals surface area contributed by atoms with Crippen molar-refractivity contribution in [3.63, 3.8) is 0 Å². The number of aryl methyl sites for hydroxylation is 2. The Balaban J connectivity index is 1.66. The van der Waals surface area contributed by atoms with Crippen LogP contribution in [0.15, 0.2) is 58.5 Å². The number of aromatic nitrogens is 2. The molecule has 0 amide bonds. The van der Waals surface area contributed by atoms with Crippen LogP contribution in [0.4, 0.5) is 4.39 Å². The molecule has 152 valence electrons. The van der Waals surface area contributed by atoms with Gasteiger partial charge in [-0.05, 0) is 73.2 Å². The van der Waals surface area contributed by atoms with E-state index in [1.165, 1.54) is 34.3 Å². The molecule has 2 heterocycles. The molecule has 0 atom stereocenters. The van der Waals surface area contributed by atoms with E-state index in [9.17, 15) is 9.18 Å². The fourth-order valence-corrected chi connectivity index (χ4v) is 6.26. The molecule has 1 aliphatic rings. The van der Waals surface area contributed by atoms with Crippen LogP contribution in [0.2, 0.25) is 5.02 Å². The normalized spacial score (nSPS) is 13.5. The van der Waals surface area contributed by atoms with Crippen LogP contribution in [0.1, 0.15) is 28.8 Å². The molecule has 7 heteroatoms. The van der Waals surface area contributed by atoms with Gasteiger partial charge in [0.05, 0.1) is 11.1 Å². The lowest BCUT2D eigenvalue weighted by Gasteiger charge is -2.14. The van der Waals surface area contributed by atoms with Crippen LogP contribution in [-0.2, 0) is 18.6 Å². The fraction of sp³-hybridized carbons (Fsp3) is 0.217. The van der Waals surface area contributed by atoms with E-state index in [1.807, 2.05) is 18.2 Å². The maximum absolute atomic E-state index is 13.7. The van der Waals surface area contributed by atoms with Gasteiger partial charge < -0.3 is 0 Å². The lowest BCUT2D eigenvalue weighted by Crippen LogP contribution is -2.22. The molecule has 0 bridgehead atoms. The number of thioether (sulfide) groups is 1. The highest BCUT2D eigenvalue weighted by molar-refractivity contribution is 7.98. The second kappa shape index (κ2) is 8.17. The summed E-state index contributed by atoms with van der Waals surface area (Å²) in [6.07, 6.45) is 4.22. The van der Waals surface area contributed by atoms with Crippen molar-refractivity contribution in [2.45, 2.75) is 36.6 Å². The highest BCUT2D eigenvalue weighted by atomic mass is 35.5. The first-order valence-corrected chi connectivity index (χ1v) is 12.0. The first kappa shape index (κ1) is 19.8. The van der Waals surface area contributed by atoms with Crippen LogP contribution in [0, 0.1) is 5.82 Å². The van der Waals surface area contributed by atoms with Gasteiger partial charge in [-0.25, -0.2) is 9.37 Å². The van der Waals surface area contributed by atoms with Crippen LogP contribution in [0.3, 0.4) is 0 Å². The molecule has 0 fully saturated rings. The largest absolute Gasteiger partial charge is 0.268 e. The van der Waals surface area contributed by atoms with E-state index >= 15 is 0 Å². The highest BCUT2D eigenvalue weighted by Gasteiger charge is 2.23. The summed E-state index contributed by atoms with van der Waals surface area (Å²) in [6.45, 7) is 0. The predicted octanol–water partition coefficient (Wildman–Crippen LogP) is 6.41. The number of rotatable bonds is 4. The average Bonchev–Trinajstić information content (AvgIpc) is 3.12. The molecule has 0 saturated carbocycles. The summed E-state index contributed by atoms with van der Waals surface area (Å²) in [5.41, 5.74) is 2.71. The maximum Gasteiger partial charge on any atom is 0.267 e. The summed E-state index contributed by atoms with van der Waals surface area (Å²) in [5.74, 6) is 0.256. The number of nitrogens with zero attached hydrogens (tertiary/aromatic N) is 2. The van der Waals surface area contributed by atoms with Crippen molar-refractivity contribution >= 4 is 44.9 Å². The number of hydrogen-bond donors (Lipinski definition) is 0. The molecular weight excluding hydrogens is 439 g/mol. The van der Waals surface area contributed by atoms with Crippen LogP contribution in [-0.4, -0.2) is 9.55 Å². The highest BCUT2D eigenvalue weighted by Crippen LogP contribution is 2.35. The van der Waals surface area contributed by atoms with E-state index in [0.717, 1.165) is 47.2 Å². The minimum atomic E-state index is -0.266. The molecule has 1 aliphatic carbocycles. The van der Waals surface area contributed by atoms with Gasteiger partial charge in [-0.1, -0.05) is 35.5 Å². The second-order valence-corrected chi connectivity index (χ2v) is 9.78. The van der Waals surface area contributed by atoms with E-state index in [4.69, 9.17) is 16.6 Å². The first-order chi connectivity index (χ1) is 14.6. The molecule has 5 rings (SSSR count). The minimum absolute atomic E-state index is 0.0385. The van der Waals surface area contributed by atoms with Crippen molar-refractivity contribution in [1.29, 1.82) is 0 Å². The Morgan fingerprint density at radius 3 is 2.73 bits per heavy atom. The smallest absolute Gasteiger partial charge is 0.267 e. The standard InChI is InChI=1S/C23H18ClFN2OS2/c24-15-8-10-17(11-9-15)27-22(28)20-18-6-1-2-7-19(18)30-21(20)26-23(27)29-13-14-4-3-5-16(25)12-14/h3-5,8-12H,1-2,6-7,13H2. The summed E-state index contributed by atoms with van der Waals surface area (Å²) in [5, 5.41) is 1.97. The van der Waals surface area contributed by atoms with E-state index in [2.05, 4.69) is 0 Å². The Morgan fingerprint density at radius 1 is 1.13 bits per heavy atom. The Labute approximate surface area is 186 Å². The van der Waals surface area contributed by atoms with E-state index < -0.39 is 0 Å². The van der Waals surface area contributed by atoms with Gasteiger partial charge in [-0.3, -0.25) is 9.36 Å². The predicted molar refractivity (Wildman–Crippen MR) is 123 cm³/mol. The van der Waals surface area contributed by atoms with Crippen molar-refractivity contribution in [1.82, 2.24) is 9.55 Å². The summed E-state index contributed by atoms with van der Waals surface area (Å²) in [6, 6.07) is 13.7. The van der Waals surface area contributed by atoms with Crippen molar-refractivity contribution in [3.8, 4) is 5.69 Å². The Hall–Kier alpha value is -2.15. The van der Waals surface area contributed by atoms with E-state index in [1.54, 1.807) is 34.1 Å². The zero-order valence-corrected chi connectivity index (χ0v) is 18.4. The van der Waals surface area contributed by atoms with Gasteiger partial charge in [-0.2, -0.15) is 0 Å². The molecule has 0 N–H and O–H groups in total. The summed E-state index contributed by atoms with van der Waals surface area (Å²) in [7, 11) is 0. The zero-order valence-electron chi connectivity index (χ0n) is 16.0. The molecule has 0 unspecified atom stereocenters. The minimum Gasteiger partial charge on any atom is -0.268 e. The lowest BCUT2D eigenvalue weighted by atomic mass is 9.97. The molecule has 30 heavy (non-hydrogen) atoms. The zero-order chi connectivity index (χ0) is 20.7. The number of fused-ring (bicyclic) bond motifs is 3. The molecule has 4 aromatic rings. The Morgan fingerprint density at radius 2 is 1.93 bits per heavy atom. The van der Waals surface area contributed by atoms with Gasteiger partial charge in [0.2, 0.25) is 0 Å². The topological polar surface area (TPSA) is 34.9 Å². The number of thiophene rings is 1. The molecule has 0 radical (unpaired) electrons. The van der Waals surface area contributed by atoms with Crippen LogP contribution < -0.4 is 5.56 Å². The molecule has 0 spiro atoms.